The van der Waals surface area contributed by atoms with Gasteiger partial charge in [-0.2, -0.15) is 0 Å². The molecule has 1 N–H and O–H groups in total. The van der Waals surface area contributed by atoms with Crippen LogP contribution in [0.5, 0.6) is 0 Å². The summed E-state index contributed by atoms with van der Waals surface area (Å²) >= 11 is 0. The Morgan fingerprint density at radius 3 is 2.25 bits per heavy atom. The molecular weight excluding hydrogens is 146 g/mol. The maximum absolute atomic E-state index is 3.68. The maximum Gasteiger partial charge on any atom is 0.0226 e. The van der Waals surface area contributed by atoms with E-state index in [1.807, 2.05) is 0 Å². The van der Waals surface area contributed by atoms with E-state index in [0.29, 0.717) is 11.0 Å². The Bertz CT molecular complexity index is 174. The van der Waals surface area contributed by atoms with Gasteiger partial charge in [0, 0.05) is 5.54 Å². The van der Waals surface area contributed by atoms with Crippen LogP contribution >= 0.6 is 0 Å². The third-order valence-electron chi connectivity index (χ3n) is 3.88. The summed E-state index contributed by atoms with van der Waals surface area (Å²) in [5.41, 5.74) is 1.07. The first-order chi connectivity index (χ1) is 5.55. The molecule has 1 aliphatic heterocycles. The smallest absolute Gasteiger partial charge is 0.0226 e. The van der Waals surface area contributed by atoms with Crippen LogP contribution in [0, 0.1) is 11.3 Å². The zero-order chi connectivity index (χ0) is 8.82. The second-order valence-electron chi connectivity index (χ2n) is 5.64. The molecule has 2 rings (SSSR count). The Labute approximate surface area is 75.9 Å². The lowest BCUT2D eigenvalue weighted by Gasteiger charge is -2.50. The summed E-state index contributed by atoms with van der Waals surface area (Å²) < 4.78 is 0. The van der Waals surface area contributed by atoms with Gasteiger partial charge in [-0.3, -0.25) is 0 Å². The average Bonchev–Trinajstić information content (AvgIpc) is 2.25. The first kappa shape index (κ1) is 8.55. The predicted octanol–water partition coefficient (Wildman–Crippen LogP) is 2.56. The van der Waals surface area contributed by atoms with Gasteiger partial charge < -0.3 is 5.32 Å². The van der Waals surface area contributed by atoms with Gasteiger partial charge in [0.1, 0.15) is 0 Å². The van der Waals surface area contributed by atoms with Gasteiger partial charge in [-0.1, -0.05) is 27.2 Å². The second kappa shape index (κ2) is 2.47. The first-order valence-electron chi connectivity index (χ1n) is 5.30. The van der Waals surface area contributed by atoms with Crippen LogP contribution in [0.15, 0.2) is 0 Å². The van der Waals surface area contributed by atoms with Crippen molar-refractivity contribution in [3.05, 3.63) is 0 Å². The molecule has 12 heavy (non-hydrogen) atoms. The molecular formula is C11H21N. The van der Waals surface area contributed by atoms with E-state index in [1.165, 1.54) is 32.2 Å². The van der Waals surface area contributed by atoms with E-state index >= 15 is 0 Å². The highest BCUT2D eigenvalue weighted by Gasteiger charge is 2.50. The van der Waals surface area contributed by atoms with Crippen molar-refractivity contribution in [2.24, 2.45) is 11.3 Å². The van der Waals surface area contributed by atoms with Crippen LogP contribution in [0.1, 0.15) is 46.5 Å². The molecule has 1 heteroatoms. The highest BCUT2D eigenvalue weighted by molar-refractivity contribution is 5.08. The monoisotopic (exact) mass is 167 g/mol. The van der Waals surface area contributed by atoms with Crippen LogP contribution in [0.25, 0.3) is 0 Å². The number of hydrogen-bond acceptors (Lipinski definition) is 1. The topological polar surface area (TPSA) is 12.0 Å². The molecule has 0 aromatic carbocycles. The second-order valence-corrected chi connectivity index (χ2v) is 5.64. The normalized spacial score (nSPS) is 41.8. The molecule has 0 radical (unpaired) electrons. The van der Waals surface area contributed by atoms with Crippen LogP contribution < -0.4 is 5.32 Å². The first-order valence-corrected chi connectivity index (χ1v) is 5.30. The fourth-order valence-corrected chi connectivity index (χ4v) is 3.29. The molecule has 70 valence electrons. The van der Waals surface area contributed by atoms with Crippen molar-refractivity contribution in [3.8, 4) is 0 Å². The molecule has 0 unspecified atom stereocenters. The zero-order valence-electron chi connectivity index (χ0n) is 8.61. The summed E-state index contributed by atoms with van der Waals surface area (Å²) in [5, 5.41) is 3.68. The average molecular weight is 167 g/mol. The van der Waals surface area contributed by atoms with Crippen molar-refractivity contribution in [3.63, 3.8) is 0 Å². The maximum atomic E-state index is 3.68. The van der Waals surface area contributed by atoms with Crippen LogP contribution in [0.2, 0.25) is 0 Å². The SMILES string of the molecule is CC(C)(C)[C@@H]1CCC[C@@]12CCN2. The minimum absolute atomic E-state index is 0.504. The van der Waals surface area contributed by atoms with E-state index in [2.05, 4.69) is 26.1 Å². The van der Waals surface area contributed by atoms with Crippen molar-refractivity contribution in [2.45, 2.75) is 52.0 Å². The fourth-order valence-electron chi connectivity index (χ4n) is 3.29. The molecule has 1 aliphatic carbocycles. The van der Waals surface area contributed by atoms with Crippen molar-refractivity contribution in [2.75, 3.05) is 6.54 Å². The molecule has 1 spiro atoms. The molecule has 0 bridgehead atoms. The van der Waals surface area contributed by atoms with Crippen LogP contribution in [-0.2, 0) is 0 Å². The Balaban J connectivity index is 2.14. The third-order valence-corrected chi connectivity index (χ3v) is 3.88. The summed E-state index contributed by atoms with van der Waals surface area (Å²) in [4.78, 5) is 0. The van der Waals surface area contributed by atoms with Crippen molar-refractivity contribution in [1.29, 1.82) is 0 Å². The van der Waals surface area contributed by atoms with Gasteiger partial charge in [-0.15, -0.1) is 0 Å². The van der Waals surface area contributed by atoms with Crippen LogP contribution in [-0.4, -0.2) is 12.1 Å². The summed E-state index contributed by atoms with van der Waals surface area (Å²) in [6.07, 6.45) is 5.73. The highest BCUT2D eigenvalue weighted by Crippen LogP contribution is 2.50. The third kappa shape index (κ3) is 1.10. The molecule has 1 saturated heterocycles. The van der Waals surface area contributed by atoms with Gasteiger partial charge in [0.2, 0.25) is 0 Å². The van der Waals surface area contributed by atoms with E-state index in [1.54, 1.807) is 0 Å². The summed E-state index contributed by atoms with van der Waals surface area (Å²) in [6, 6.07) is 0. The lowest BCUT2D eigenvalue weighted by Crippen LogP contribution is -2.61. The molecule has 2 atom stereocenters. The van der Waals surface area contributed by atoms with E-state index in [-0.39, 0.29) is 0 Å². The Morgan fingerprint density at radius 1 is 1.25 bits per heavy atom. The van der Waals surface area contributed by atoms with E-state index in [9.17, 15) is 0 Å². The lowest BCUT2D eigenvalue weighted by atomic mass is 9.66. The molecule has 2 aliphatic rings. The van der Waals surface area contributed by atoms with Gasteiger partial charge in [0.25, 0.3) is 0 Å². The van der Waals surface area contributed by atoms with Gasteiger partial charge in [-0.05, 0) is 37.1 Å². The van der Waals surface area contributed by atoms with Crippen LogP contribution in [0.3, 0.4) is 0 Å². The summed E-state index contributed by atoms with van der Waals surface area (Å²) in [5.74, 6) is 0.916. The fraction of sp³-hybridized carbons (Fsp3) is 1.00. The lowest BCUT2D eigenvalue weighted by molar-refractivity contribution is 0.0689. The van der Waals surface area contributed by atoms with E-state index in [0.717, 1.165) is 5.92 Å². The van der Waals surface area contributed by atoms with Gasteiger partial charge in [0.15, 0.2) is 0 Å². The minimum Gasteiger partial charge on any atom is -0.311 e. The molecule has 0 aromatic heterocycles. The summed E-state index contributed by atoms with van der Waals surface area (Å²) in [6.45, 7) is 8.44. The van der Waals surface area contributed by atoms with Gasteiger partial charge in [0.05, 0.1) is 0 Å². The Hall–Kier alpha value is -0.0400. The number of nitrogens with one attached hydrogen (secondary N) is 1. The zero-order valence-corrected chi connectivity index (χ0v) is 8.61. The van der Waals surface area contributed by atoms with Crippen molar-refractivity contribution >= 4 is 0 Å². The minimum atomic E-state index is 0.504. The van der Waals surface area contributed by atoms with Crippen molar-refractivity contribution in [1.82, 2.24) is 5.32 Å². The number of rotatable bonds is 0. The predicted molar refractivity (Wildman–Crippen MR) is 52.1 cm³/mol. The Morgan fingerprint density at radius 2 is 1.92 bits per heavy atom. The quantitative estimate of drug-likeness (QED) is 0.584. The number of hydrogen-bond donors (Lipinski definition) is 1. The molecule has 1 nitrogen and oxygen atoms in total. The highest BCUT2D eigenvalue weighted by atomic mass is 15.1. The Kier molecular flexibility index (Phi) is 1.76. The largest absolute Gasteiger partial charge is 0.311 e. The van der Waals surface area contributed by atoms with Gasteiger partial charge in [-0.25, -0.2) is 0 Å². The molecule has 2 fully saturated rings. The van der Waals surface area contributed by atoms with Crippen LogP contribution in [0.4, 0.5) is 0 Å². The standard InChI is InChI=1S/C11H21N/c1-10(2,3)9-5-4-6-11(9)7-8-12-11/h9,12H,4-8H2,1-3H3/t9-,11+/m0/s1. The molecule has 1 heterocycles. The van der Waals surface area contributed by atoms with Crippen molar-refractivity contribution < 1.29 is 0 Å². The van der Waals surface area contributed by atoms with E-state index < -0.39 is 0 Å². The van der Waals surface area contributed by atoms with Gasteiger partial charge >= 0.3 is 0 Å². The molecule has 1 saturated carbocycles. The van der Waals surface area contributed by atoms with E-state index in [4.69, 9.17) is 0 Å². The molecule has 0 aromatic rings. The molecule has 0 amide bonds. The summed E-state index contributed by atoms with van der Waals surface area (Å²) in [7, 11) is 0.